The second-order valence-electron chi connectivity index (χ2n) is 5.00. The number of hydrogen-bond acceptors (Lipinski definition) is 2. The Kier molecular flexibility index (Phi) is 5.81. The summed E-state index contributed by atoms with van der Waals surface area (Å²) in [6.07, 6.45) is 0. The zero-order valence-corrected chi connectivity index (χ0v) is 14.0. The number of phenolic OH excluding ortho intramolecular Hbond substituents is 2. The fourth-order valence-electron chi connectivity index (χ4n) is 2.42. The molecule has 0 saturated carbocycles. The maximum atomic E-state index is 9.37. The summed E-state index contributed by atoms with van der Waals surface area (Å²) in [4.78, 5) is 0. The van der Waals surface area contributed by atoms with Crippen molar-refractivity contribution in [3.8, 4) is 11.5 Å². The minimum atomic E-state index is 0. The van der Waals surface area contributed by atoms with Crippen molar-refractivity contribution in [1.82, 2.24) is 0 Å². The summed E-state index contributed by atoms with van der Waals surface area (Å²) in [5, 5.41) is 22.7. The number of fused-ring (bicyclic) bond motifs is 2. The van der Waals surface area contributed by atoms with Gasteiger partial charge in [-0.25, -0.2) is 0 Å². The van der Waals surface area contributed by atoms with Crippen LogP contribution in [0.15, 0.2) is 84.9 Å². The molecule has 0 heterocycles. The molecule has 23 heavy (non-hydrogen) atoms. The van der Waals surface area contributed by atoms with Crippen LogP contribution in [-0.2, 0) is 21.7 Å². The minimum absolute atomic E-state index is 0. The zero-order chi connectivity index (χ0) is 15.4. The van der Waals surface area contributed by atoms with E-state index in [2.05, 4.69) is 0 Å². The molecule has 0 aliphatic rings. The van der Waals surface area contributed by atoms with Crippen molar-refractivity contribution >= 4 is 21.5 Å². The molecule has 0 atom stereocenters. The maximum absolute atomic E-state index is 9.37. The third-order valence-corrected chi connectivity index (χ3v) is 3.53. The third kappa shape index (κ3) is 3.92. The van der Waals surface area contributed by atoms with E-state index < -0.39 is 0 Å². The molecule has 0 saturated heterocycles. The van der Waals surface area contributed by atoms with Crippen LogP contribution in [0.1, 0.15) is 0 Å². The summed E-state index contributed by atoms with van der Waals surface area (Å²) in [6.45, 7) is 0. The van der Waals surface area contributed by atoms with Gasteiger partial charge in [0.05, 0.1) is 0 Å². The monoisotopic (exact) mass is 336 g/mol. The molecule has 0 unspecified atom stereocenters. The van der Waals surface area contributed by atoms with Gasteiger partial charge in [0.25, 0.3) is 0 Å². The number of phenols is 2. The SMILES string of the molecule is Oc1cccc2ccccc12.Oc1cccc2ccccc12.[Ti]. The van der Waals surface area contributed by atoms with Crippen molar-refractivity contribution in [2.24, 2.45) is 0 Å². The molecule has 112 valence electrons. The van der Waals surface area contributed by atoms with Gasteiger partial charge in [-0.2, -0.15) is 0 Å². The third-order valence-electron chi connectivity index (χ3n) is 3.53. The molecule has 0 bridgehead atoms. The summed E-state index contributed by atoms with van der Waals surface area (Å²) in [5.41, 5.74) is 0. The quantitative estimate of drug-likeness (QED) is 0.439. The molecule has 3 heteroatoms. The molecule has 0 aliphatic heterocycles. The Morgan fingerprint density at radius 3 is 1.17 bits per heavy atom. The Hall–Kier alpha value is -2.29. The average Bonchev–Trinajstić information content (AvgIpc) is 2.57. The van der Waals surface area contributed by atoms with Crippen LogP contribution in [0.3, 0.4) is 0 Å². The maximum Gasteiger partial charge on any atom is 0.123 e. The molecule has 2 nitrogen and oxygen atoms in total. The average molecular weight is 336 g/mol. The first-order valence-electron chi connectivity index (χ1n) is 7.09. The Morgan fingerprint density at radius 1 is 0.435 bits per heavy atom. The van der Waals surface area contributed by atoms with Crippen LogP contribution in [0.5, 0.6) is 11.5 Å². The first-order chi connectivity index (χ1) is 10.8. The van der Waals surface area contributed by atoms with Gasteiger partial charge in [0.2, 0.25) is 0 Å². The summed E-state index contributed by atoms with van der Waals surface area (Å²) < 4.78 is 0. The topological polar surface area (TPSA) is 40.5 Å². The van der Waals surface area contributed by atoms with Gasteiger partial charge in [-0.1, -0.05) is 72.8 Å². The van der Waals surface area contributed by atoms with Gasteiger partial charge >= 0.3 is 0 Å². The van der Waals surface area contributed by atoms with Crippen LogP contribution in [0, 0.1) is 0 Å². The van der Waals surface area contributed by atoms with Gasteiger partial charge in [0.1, 0.15) is 11.5 Å². The Labute approximate surface area is 149 Å². The van der Waals surface area contributed by atoms with Gasteiger partial charge in [-0.05, 0) is 22.9 Å². The predicted octanol–water partition coefficient (Wildman–Crippen LogP) is 5.09. The summed E-state index contributed by atoms with van der Waals surface area (Å²) in [5.74, 6) is 0.700. The molecule has 0 radical (unpaired) electrons. The smallest absolute Gasteiger partial charge is 0.123 e. The van der Waals surface area contributed by atoms with Crippen LogP contribution in [-0.4, -0.2) is 10.2 Å². The molecular formula is C20H16O2Ti. The zero-order valence-electron chi connectivity index (χ0n) is 12.5. The van der Waals surface area contributed by atoms with E-state index in [9.17, 15) is 10.2 Å². The van der Waals surface area contributed by atoms with Crippen molar-refractivity contribution in [3.05, 3.63) is 84.9 Å². The summed E-state index contributed by atoms with van der Waals surface area (Å²) in [7, 11) is 0. The van der Waals surface area contributed by atoms with Crippen molar-refractivity contribution in [1.29, 1.82) is 0 Å². The number of hydrogen-bond donors (Lipinski definition) is 2. The predicted molar refractivity (Wildman–Crippen MR) is 91.2 cm³/mol. The second kappa shape index (κ2) is 7.82. The fraction of sp³-hybridized carbons (Fsp3) is 0. The van der Waals surface area contributed by atoms with Gasteiger partial charge < -0.3 is 10.2 Å². The van der Waals surface area contributed by atoms with Crippen LogP contribution >= 0.6 is 0 Å². The van der Waals surface area contributed by atoms with Gasteiger partial charge in [-0.3, -0.25) is 0 Å². The Balaban J connectivity index is 0.000000160. The standard InChI is InChI=1S/2C10H8O.Ti/c2*11-10-7-3-5-8-4-1-2-6-9(8)10;/h2*1-7,11H;. The molecule has 4 rings (SSSR count). The van der Waals surface area contributed by atoms with E-state index in [1.165, 1.54) is 0 Å². The van der Waals surface area contributed by atoms with Gasteiger partial charge in [0.15, 0.2) is 0 Å². The Bertz CT molecular complexity index is 831. The van der Waals surface area contributed by atoms with E-state index in [0.717, 1.165) is 21.5 Å². The van der Waals surface area contributed by atoms with Gasteiger partial charge in [-0.15, -0.1) is 0 Å². The normalized spacial score (nSPS) is 9.74. The van der Waals surface area contributed by atoms with E-state index >= 15 is 0 Å². The minimum Gasteiger partial charge on any atom is -0.507 e. The van der Waals surface area contributed by atoms with E-state index in [0.29, 0.717) is 11.5 Å². The molecule has 0 fully saturated rings. The number of benzene rings is 4. The van der Waals surface area contributed by atoms with E-state index in [1.54, 1.807) is 12.1 Å². The fourth-order valence-corrected chi connectivity index (χ4v) is 2.42. The van der Waals surface area contributed by atoms with E-state index in [-0.39, 0.29) is 21.7 Å². The van der Waals surface area contributed by atoms with Crippen molar-refractivity contribution in [3.63, 3.8) is 0 Å². The number of aromatic hydroxyl groups is 2. The van der Waals surface area contributed by atoms with Gasteiger partial charge in [0, 0.05) is 32.5 Å². The number of rotatable bonds is 0. The molecule has 0 amide bonds. The molecule has 4 aromatic carbocycles. The summed E-state index contributed by atoms with van der Waals surface area (Å²) in [6, 6.07) is 26.6. The summed E-state index contributed by atoms with van der Waals surface area (Å²) >= 11 is 0. The molecule has 4 aromatic rings. The Morgan fingerprint density at radius 2 is 0.783 bits per heavy atom. The van der Waals surface area contributed by atoms with Crippen molar-refractivity contribution in [2.45, 2.75) is 0 Å². The molecule has 2 N–H and O–H groups in total. The van der Waals surface area contributed by atoms with Crippen LogP contribution in [0.25, 0.3) is 21.5 Å². The second-order valence-corrected chi connectivity index (χ2v) is 5.00. The van der Waals surface area contributed by atoms with Crippen LogP contribution < -0.4 is 0 Å². The van der Waals surface area contributed by atoms with Crippen molar-refractivity contribution in [2.75, 3.05) is 0 Å². The molecular weight excluding hydrogens is 320 g/mol. The van der Waals surface area contributed by atoms with E-state index in [4.69, 9.17) is 0 Å². The largest absolute Gasteiger partial charge is 0.507 e. The van der Waals surface area contributed by atoms with Crippen LogP contribution in [0.2, 0.25) is 0 Å². The van der Waals surface area contributed by atoms with Crippen LogP contribution in [0.4, 0.5) is 0 Å². The molecule has 0 spiro atoms. The first-order valence-corrected chi connectivity index (χ1v) is 7.09. The molecule has 0 aliphatic carbocycles. The first kappa shape index (κ1) is 17.1. The van der Waals surface area contributed by atoms with E-state index in [1.807, 2.05) is 72.8 Å². The molecule has 0 aromatic heterocycles. The van der Waals surface area contributed by atoms with Crippen molar-refractivity contribution < 1.29 is 31.9 Å².